The van der Waals surface area contributed by atoms with Crippen molar-refractivity contribution in [2.24, 2.45) is 5.73 Å². The SMILES string of the molecule is COc1cc[n+](-c2nc3cc4c(cc3[nH]2)C(C)(C)C(=O)C4(C)C)c(CSSC(C)(C)[C@@H](N)C(=O)O)c1C. The number of ether oxygens (including phenoxy) is 1. The van der Waals surface area contributed by atoms with Crippen molar-refractivity contribution >= 4 is 44.4 Å². The maximum absolute atomic E-state index is 13.1. The van der Waals surface area contributed by atoms with Gasteiger partial charge in [0.25, 0.3) is 0 Å². The highest BCUT2D eigenvalue weighted by Crippen LogP contribution is 2.47. The average Bonchev–Trinajstić information content (AvgIpc) is 3.30. The lowest BCUT2D eigenvalue weighted by Crippen LogP contribution is -2.46. The molecule has 0 amide bonds. The average molecular weight is 544 g/mol. The van der Waals surface area contributed by atoms with E-state index in [1.165, 1.54) is 10.8 Å². The van der Waals surface area contributed by atoms with Gasteiger partial charge in [0.05, 0.1) is 19.1 Å². The fraction of sp³-hybridized carbons (Fsp3) is 0.481. The van der Waals surface area contributed by atoms with E-state index in [4.69, 9.17) is 15.5 Å². The molecule has 0 radical (unpaired) electrons. The molecule has 4 rings (SSSR count). The first-order valence-electron chi connectivity index (χ1n) is 12.1. The molecule has 0 saturated heterocycles. The molecule has 0 unspecified atom stereocenters. The Kier molecular flexibility index (Phi) is 6.92. The third-order valence-electron chi connectivity index (χ3n) is 7.49. The van der Waals surface area contributed by atoms with E-state index in [0.29, 0.717) is 11.7 Å². The van der Waals surface area contributed by atoms with Crippen LogP contribution in [0.2, 0.25) is 0 Å². The van der Waals surface area contributed by atoms with Gasteiger partial charge < -0.3 is 15.6 Å². The second-order valence-corrected chi connectivity index (χ2v) is 14.1. The van der Waals surface area contributed by atoms with Crippen molar-refractivity contribution < 1.29 is 24.0 Å². The highest BCUT2D eigenvalue weighted by Gasteiger charge is 2.51. The molecule has 2 aromatic heterocycles. The smallest absolute Gasteiger partial charge is 0.402 e. The predicted octanol–water partition coefficient (Wildman–Crippen LogP) is 4.37. The first-order chi connectivity index (χ1) is 17.1. The molecule has 1 aliphatic rings. The Hall–Kier alpha value is -2.56. The van der Waals surface area contributed by atoms with Crippen LogP contribution in [0.15, 0.2) is 24.4 Å². The monoisotopic (exact) mass is 543 g/mol. The molecule has 0 aliphatic heterocycles. The van der Waals surface area contributed by atoms with Crippen LogP contribution in [0.5, 0.6) is 5.75 Å². The van der Waals surface area contributed by atoms with E-state index in [9.17, 15) is 14.7 Å². The summed E-state index contributed by atoms with van der Waals surface area (Å²) in [5.74, 6) is 1.19. The number of benzene rings is 1. The van der Waals surface area contributed by atoms with E-state index in [2.05, 4.69) is 11.1 Å². The Labute approximate surface area is 225 Å². The van der Waals surface area contributed by atoms with Crippen molar-refractivity contribution in [1.29, 1.82) is 0 Å². The lowest BCUT2D eigenvalue weighted by molar-refractivity contribution is -0.610. The molecule has 3 aromatic rings. The van der Waals surface area contributed by atoms with Crippen LogP contribution in [-0.4, -0.2) is 44.7 Å². The van der Waals surface area contributed by atoms with Gasteiger partial charge >= 0.3 is 11.9 Å². The van der Waals surface area contributed by atoms with Crippen molar-refractivity contribution in [2.45, 2.75) is 75.8 Å². The summed E-state index contributed by atoms with van der Waals surface area (Å²) in [7, 11) is 4.63. The summed E-state index contributed by atoms with van der Waals surface area (Å²) < 4.78 is 6.91. The van der Waals surface area contributed by atoms with E-state index in [0.717, 1.165) is 39.2 Å². The number of Topliss-reactive ketones (excluding diaryl/α,β-unsaturated/α-hetero) is 1. The second-order valence-electron chi connectivity index (χ2n) is 11.1. The van der Waals surface area contributed by atoms with Gasteiger partial charge in [-0.3, -0.25) is 9.59 Å². The number of aliphatic carboxylic acids is 1. The normalized spacial score (nSPS) is 17.2. The third kappa shape index (κ3) is 4.53. The van der Waals surface area contributed by atoms with Crippen LogP contribution in [0, 0.1) is 6.92 Å². The zero-order chi connectivity index (χ0) is 27.5. The molecule has 2 heterocycles. The summed E-state index contributed by atoms with van der Waals surface area (Å²) in [6, 6.07) is 5.01. The number of pyridine rings is 1. The van der Waals surface area contributed by atoms with Gasteiger partial charge in [-0.15, -0.1) is 0 Å². The minimum Gasteiger partial charge on any atom is -0.496 e. The van der Waals surface area contributed by atoms with Crippen LogP contribution in [0.1, 0.15) is 63.9 Å². The van der Waals surface area contributed by atoms with Gasteiger partial charge in [-0.25, -0.2) is 9.55 Å². The summed E-state index contributed by atoms with van der Waals surface area (Å²) in [4.78, 5) is 32.9. The number of fused-ring (bicyclic) bond motifs is 2. The highest BCUT2D eigenvalue weighted by molar-refractivity contribution is 8.76. The van der Waals surface area contributed by atoms with Crippen LogP contribution in [-0.2, 0) is 26.2 Å². The molecular formula is C27H35N4O4S2+. The van der Waals surface area contributed by atoms with E-state index >= 15 is 0 Å². The third-order valence-corrected chi connectivity index (χ3v) is 10.7. The quantitative estimate of drug-likeness (QED) is 0.283. The van der Waals surface area contributed by atoms with Crippen LogP contribution in [0.3, 0.4) is 0 Å². The number of carboxylic acid groups (broad SMARTS) is 1. The van der Waals surface area contributed by atoms with Crippen molar-refractivity contribution in [3.8, 4) is 11.7 Å². The molecule has 0 saturated carbocycles. The summed E-state index contributed by atoms with van der Waals surface area (Å²) >= 11 is 0. The number of nitrogens with zero attached hydrogens (tertiary/aromatic N) is 2. The standard InChI is InChI=1S/C27H34N4O4S2/c1-14-19(13-36-37-27(6,7)21(28)22(32)33)31(10-9-20(14)35-8)24-29-17-11-15-16(12-18(17)30-24)26(4,5)23(34)25(15,2)3/h9-12,21H,13,28H2,1-8H3,(H-,29,30,32,33)/p+1/t21-/m0/s1. The number of rotatable bonds is 8. The summed E-state index contributed by atoms with van der Waals surface area (Å²) in [5, 5.41) is 9.35. The number of imidazole rings is 1. The number of hydrogen-bond donors (Lipinski definition) is 3. The minimum absolute atomic E-state index is 0.213. The topological polar surface area (TPSA) is 122 Å². The lowest BCUT2D eigenvalue weighted by Gasteiger charge is -2.27. The van der Waals surface area contributed by atoms with E-state index < -0.39 is 27.6 Å². The summed E-state index contributed by atoms with van der Waals surface area (Å²) in [5.41, 5.74) is 10.4. The van der Waals surface area contributed by atoms with Crippen LogP contribution >= 0.6 is 21.6 Å². The number of ketones is 1. The molecular weight excluding hydrogens is 508 g/mol. The first kappa shape index (κ1) is 27.5. The number of methoxy groups -OCH3 is 1. The van der Waals surface area contributed by atoms with E-state index in [1.807, 2.05) is 71.4 Å². The van der Waals surface area contributed by atoms with Gasteiger partial charge in [0.15, 0.2) is 11.3 Å². The molecule has 37 heavy (non-hydrogen) atoms. The van der Waals surface area contributed by atoms with Crippen LogP contribution < -0.4 is 15.0 Å². The van der Waals surface area contributed by atoms with Gasteiger partial charge in [0, 0.05) is 27.2 Å². The van der Waals surface area contributed by atoms with Crippen molar-refractivity contribution in [2.75, 3.05) is 7.11 Å². The van der Waals surface area contributed by atoms with Crippen LogP contribution in [0.25, 0.3) is 17.0 Å². The second kappa shape index (κ2) is 9.32. The molecule has 10 heteroatoms. The predicted molar refractivity (Wildman–Crippen MR) is 149 cm³/mol. The number of carbonyl (C=O) groups excluding carboxylic acids is 1. The number of nitrogens with two attached hydrogens (primary N) is 1. The van der Waals surface area contributed by atoms with Gasteiger partial charge in [0.2, 0.25) is 0 Å². The Morgan fingerprint density at radius 3 is 2.46 bits per heavy atom. The highest BCUT2D eigenvalue weighted by atomic mass is 33.1. The van der Waals surface area contributed by atoms with Crippen molar-refractivity contribution in [3.05, 3.63) is 46.8 Å². The molecule has 0 fully saturated rings. The maximum Gasteiger partial charge on any atom is 0.402 e. The number of aromatic nitrogens is 3. The van der Waals surface area contributed by atoms with Gasteiger partial charge in [-0.05, 0) is 71.7 Å². The molecule has 0 spiro atoms. The number of nitrogens with one attached hydrogen (secondary N) is 1. The minimum atomic E-state index is -1.02. The molecule has 1 aliphatic carbocycles. The molecule has 4 N–H and O–H groups in total. The molecule has 1 atom stereocenters. The number of H-pyrrole nitrogens is 1. The number of carbonyl (C=O) groups is 2. The number of hydrogen-bond acceptors (Lipinski definition) is 7. The summed E-state index contributed by atoms with van der Waals surface area (Å²) in [6.45, 7) is 13.6. The Morgan fingerprint density at radius 2 is 1.86 bits per heavy atom. The fourth-order valence-electron chi connectivity index (χ4n) is 5.08. The zero-order valence-corrected chi connectivity index (χ0v) is 24.2. The van der Waals surface area contributed by atoms with Crippen LogP contribution in [0.4, 0.5) is 0 Å². The maximum atomic E-state index is 13.1. The molecule has 0 bridgehead atoms. The summed E-state index contributed by atoms with van der Waals surface area (Å²) in [6.07, 6.45) is 1.92. The lowest BCUT2D eigenvalue weighted by atomic mass is 9.80. The van der Waals surface area contributed by atoms with E-state index in [-0.39, 0.29) is 5.78 Å². The molecule has 198 valence electrons. The zero-order valence-electron chi connectivity index (χ0n) is 22.6. The van der Waals surface area contributed by atoms with Crippen molar-refractivity contribution in [3.63, 3.8) is 0 Å². The van der Waals surface area contributed by atoms with Gasteiger partial charge in [-0.1, -0.05) is 26.6 Å². The Morgan fingerprint density at radius 1 is 1.24 bits per heavy atom. The number of carboxylic acids is 1. The fourth-order valence-corrected chi connectivity index (χ4v) is 7.85. The number of aromatic amines is 1. The van der Waals surface area contributed by atoms with Gasteiger partial charge in [0.1, 0.15) is 23.0 Å². The largest absolute Gasteiger partial charge is 0.496 e. The molecule has 1 aromatic carbocycles. The molecule has 8 nitrogen and oxygen atoms in total. The first-order valence-corrected chi connectivity index (χ1v) is 14.4. The Bertz CT molecular complexity index is 1360. The van der Waals surface area contributed by atoms with Crippen molar-refractivity contribution in [1.82, 2.24) is 9.97 Å². The van der Waals surface area contributed by atoms with Gasteiger partial charge in [-0.2, -0.15) is 0 Å². The Balaban J connectivity index is 1.74. The van der Waals surface area contributed by atoms with E-state index in [1.54, 1.807) is 17.9 Å².